The minimum Gasteiger partial charge on any atom is -0.492 e. The van der Waals surface area contributed by atoms with Crippen LogP contribution in [-0.4, -0.2) is 22.1 Å². The minimum absolute atomic E-state index is 0.263. The van der Waals surface area contributed by atoms with Crippen molar-refractivity contribution in [2.45, 2.75) is 31.1 Å². The molecule has 1 heterocycles. The molecule has 1 aliphatic rings. The fourth-order valence-corrected chi connectivity index (χ4v) is 2.88. The lowest BCUT2D eigenvalue weighted by Gasteiger charge is -2.13. The minimum atomic E-state index is -3.45. The van der Waals surface area contributed by atoms with Crippen molar-refractivity contribution in [2.75, 3.05) is 13.7 Å². The Balaban J connectivity index is 2.66. The zero-order chi connectivity index (χ0) is 12.6. The number of rotatable bonds is 3. The van der Waals surface area contributed by atoms with Gasteiger partial charge in [-0.1, -0.05) is 19.9 Å². The normalized spacial score (nSPS) is 14.8. The molecule has 0 saturated carbocycles. The zero-order valence-electron chi connectivity index (χ0n) is 10.3. The van der Waals surface area contributed by atoms with E-state index in [4.69, 9.17) is 4.74 Å². The molecular weight excluding hydrogens is 238 g/mol. The summed E-state index contributed by atoms with van der Waals surface area (Å²) in [6.45, 7) is 4.66. The van der Waals surface area contributed by atoms with E-state index in [9.17, 15) is 8.42 Å². The van der Waals surface area contributed by atoms with Crippen molar-refractivity contribution in [1.82, 2.24) is 4.72 Å². The van der Waals surface area contributed by atoms with Crippen molar-refractivity contribution in [1.29, 1.82) is 0 Å². The standard InChI is InChI=1S/C12H17NO3S/c1-8(2)10-6-9-4-5-16-12(9)11(7-10)17(14,15)13-3/h6-8,13H,4-5H2,1-3H3. The number of ether oxygens (including phenoxy) is 1. The van der Waals surface area contributed by atoms with E-state index in [1.165, 1.54) is 7.05 Å². The largest absolute Gasteiger partial charge is 0.492 e. The van der Waals surface area contributed by atoms with Crippen molar-refractivity contribution in [2.24, 2.45) is 0 Å². The Morgan fingerprint density at radius 2 is 2.06 bits per heavy atom. The molecule has 0 aromatic heterocycles. The van der Waals surface area contributed by atoms with Gasteiger partial charge < -0.3 is 4.74 Å². The Kier molecular flexibility index (Phi) is 3.14. The van der Waals surface area contributed by atoms with E-state index in [2.05, 4.69) is 4.72 Å². The highest BCUT2D eigenvalue weighted by Gasteiger charge is 2.25. The fourth-order valence-electron chi connectivity index (χ4n) is 1.94. The molecule has 0 atom stereocenters. The number of hydrogen-bond donors (Lipinski definition) is 1. The molecule has 17 heavy (non-hydrogen) atoms. The second-order valence-corrected chi connectivity index (χ2v) is 6.32. The van der Waals surface area contributed by atoms with Crippen LogP contribution in [-0.2, 0) is 16.4 Å². The van der Waals surface area contributed by atoms with Crippen LogP contribution in [0.1, 0.15) is 30.9 Å². The molecule has 0 amide bonds. The molecule has 94 valence electrons. The van der Waals surface area contributed by atoms with Crippen molar-refractivity contribution >= 4 is 10.0 Å². The Morgan fingerprint density at radius 3 is 2.65 bits per heavy atom. The first kappa shape index (κ1) is 12.4. The predicted octanol–water partition coefficient (Wildman–Crippen LogP) is 1.65. The first-order valence-electron chi connectivity index (χ1n) is 5.69. The lowest BCUT2D eigenvalue weighted by Crippen LogP contribution is -2.19. The molecule has 5 heteroatoms. The Bertz CT molecular complexity index is 535. The van der Waals surface area contributed by atoms with Gasteiger partial charge in [-0.3, -0.25) is 0 Å². The topological polar surface area (TPSA) is 55.4 Å². The molecule has 0 unspecified atom stereocenters. The van der Waals surface area contributed by atoms with E-state index < -0.39 is 10.0 Å². The highest BCUT2D eigenvalue weighted by Crippen LogP contribution is 2.35. The summed E-state index contributed by atoms with van der Waals surface area (Å²) in [5.74, 6) is 0.815. The Hall–Kier alpha value is -1.07. The summed E-state index contributed by atoms with van der Waals surface area (Å²) in [5, 5.41) is 0. The molecule has 1 aromatic carbocycles. The lowest BCUT2D eigenvalue weighted by atomic mass is 10.00. The van der Waals surface area contributed by atoms with Gasteiger partial charge in [0.15, 0.2) is 0 Å². The van der Waals surface area contributed by atoms with E-state index in [0.29, 0.717) is 18.3 Å². The Labute approximate surface area is 102 Å². The van der Waals surface area contributed by atoms with E-state index in [0.717, 1.165) is 17.5 Å². The van der Waals surface area contributed by atoms with E-state index in [1.54, 1.807) is 6.07 Å². The van der Waals surface area contributed by atoms with Crippen LogP contribution in [0.4, 0.5) is 0 Å². The third-order valence-electron chi connectivity index (χ3n) is 3.00. The van der Waals surface area contributed by atoms with Gasteiger partial charge >= 0.3 is 0 Å². The first-order valence-corrected chi connectivity index (χ1v) is 7.17. The molecule has 0 bridgehead atoms. The number of hydrogen-bond acceptors (Lipinski definition) is 3. The maximum Gasteiger partial charge on any atom is 0.244 e. The third-order valence-corrected chi connectivity index (χ3v) is 4.42. The zero-order valence-corrected chi connectivity index (χ0v) is 11.1. The monoisotopic (exact) mass is 255 g/mol. The molecule has 0 aliphatic carbocycles. The van der Waals surface area contributed by atoms with Gasteiger partial charge in [0.2, 0.25) is 10.0 Å². The highest BCUT2D eigenvalue weighted by atomic mass is 32.2. The quantitative estimate of drug-likeness (QED) is 0.893. The van der Waals surface area contributed by atoms with Crippen molar-refractivity contribution in [3.8, 4) is 5.75 Å². The number of fused-ring (bicyclic) bond motifs is 1. The maximum absolute atomic E-state index is 11.9. The van der Waals surface area contributed by atoms with Crippen molar-refractivity contribution < 1.29 is 13.2 Å². The summed E-state index contributed by atoms with van der Waals surface area (Å²) in [6.07, 6.45) is 0.780. The summed E-state index contributed by atoms with van der Waals surface area (Å²) >= 11 is 0. The fraction of sp³-hybridized carbons (Fsp3) is 0.500. The van der Waals surface area contributed by atoms with Crippen LogP contribution in [0.3, 0.4) is 0 Å². The molecule has 1 aromatic rings. The SMILES string of the molecule is CNS(=O)(=O)c1cc(C(C)C)cc2c1OCC2. The van der Waals surface area contributed by atoms with Crippen molar-refractivity contribution in [3.05, 3.63) is 23.3 Å². The third kappa shape index (κ3) is 2.17. The first-order chi connectivity index (χ1) is 7.95. The van der Waals surface area contributed by atoms with Crippen LogP contribution >= 0.6 is 0 Å². The van der Waals surface area contributed by atoms with Crippen LogP contribution in [0.2, 0.25) is 0 Å². The maximum atomic E-state index is 11.9. The summed E-state index contributed by atoms with van der Waals surface area (Å²) in [4.78, 5) is 0.263. The van der Waals surface area contributed by atoms with Gasteiger partial charge in [0, 0.05) is 6.42 Å². The van der Waals surface area contributed by atoms with Gasteiger partial charge in [-0.15, -0.1) is 0 Å². The molecular formula is C12H17NO3S. The summed E-state index contributed by atoms with van der Waals surface area (Å²) in [5.41, 5.74) is 2.02. The van der Waals surface area contributed by atoms with Gasteiger partial charge in [-0.25, -0.2) is 13.1 Å². The van der Waals surface area contributed by atoms with Gasteiger partial charge in [0.05, 0.1) is 6.61 Å². The van der Waals surface area contributed by atoms with E-state index >= 15 is 0 Å². The van der Waals surface area contributed by atoms with Crippen LogP contribution in [0, 0.1) is 0 Å². The molecule has 0 fully saturated rings. The Morgan fingerprint density at radius 1 is 1.35 bits per heavy atom. The van der Waals surface area contributed by atoms with Crippen molar-refractivity contribution in [3.63, 3.8) is 0 Å². The average Bonchev–Trinajstić information content (AvgIpc) is 2.75. The van der Waals surface area contributed by atoms with Gasteiger partial charge in [0.25, 0.3) is 0 Å². The second-order valence-electron chi connectivity index (χ2n) is 4.47. The van der Waals surface area contributed by atoms with E-state index in [1.807, 2.05) is 19.9 Å². The lowest BCUT2D eigenvalue weighted by molar-refractivity contribution is 0.348. The summed E-state index contributed by atoms with van der Waals surface area (Å²) < 4.78 is 31.7. The number of benzene rings is 1. The summed E-state index contributed by atoms with van der Waals surface area (Å²) in [7, 11) is -2.04. The number of sulfonamides is 1. The van der Waals surface area contributed by atoms with Gasteiger partial charge in [-0.05, 0) is 30.2 Å². The summed E-state index contributed by atoms with van der Waals surface area (Å²) in [6, 6.07) is 3.75. The van der Waals surface area contributed by atoms with E-state index in [-0.39, 0.29) is 4.90 Å². The number of nitrogens with one attached hydrogen (secondary N) is 1. The predicted molar refractivity (Wildman–Crippen MR) is 66.0 cm³/mol. The molecule has 4 nitrogen and oxygen atoms in total. The molecule has 0 radical (unpaired) electrons. The van der Waals surface area contributed by atoms with Crippen LogP contribution in [0.5, 0.6) is 5.75 Å². The molecule has 0 spiro atoms. The van der Waals surface area contributed by atoms with Gasteiger partial charge in [-0.2, -0.15) is 0 Å². The van der Waals surface area contributed by atoms with Crippen LogP contribution < -0.4 is 9.46 Å². The molecule has 0 saturated heterocycles. The molecule has 1 aliphatic heterocycles. The molecule has 1 N–H and O–H groups in total. The van der Waals surface area contributed by atoms with Crippen LogP contribution in [0.15, 0.2) is 17.0 Å². The second kappa shape index (κ2) is 4.31. The van der Waals surface area contributed by atoms with Gasteiger partial charge in [0.1, 0.15) is 10.6 Å². The average molecular weight is 255 g/mol. The molecule has 2 rings (SSSR count). The van der Waals surface area contributed by atoms with Crippen LogP contribution in [0.25, 0.3) is 0 Å². The smallest absolute Gasteiger partial charge is 0.244 e. The highest BCUT2D eigenvalue weighted by molar-refractivity contribution is 7.89.